The lowest BCUT2D eigenvalue weighted by molar-refractivity contribution is -0.380. The summed E-state index contributed by atoms with van der Waals surface area (Å²) in [7, 11) is -2.50. The average Bonchev–Trinajstić information content (AvgIpc) is 2.26. The summed E-state index contributed by atoms with van der Waals surface area (Å²) in [6.45, 7) is 6.13. The van der Waals surface area contributed by atoms with E-state index in [-0.39, 0.29) is 10.8 Å². The molecule has 0 aliphatic heterocycles. The number of alkyl halides is 6. The molecule has 1 aromatic rings. The fraction of sp³-hybridized carbons (Fsp3) is 0.538. The molecule has 0 aliphatic rings. The highest BCUT2D eigenvalue weighted by Gasteiger charge is 2.71. The quantitative estimate of drug-likeness (QED) is 0.662. The van der Waals surface area contributed by atoms with Crippen LogP contribution in [0.4, 0.5) is 26.3 Å². The highest BCUT2D eigenvalue weighted by atomic mass is 28.3. The zero-order valence-corrected chi connectivity index (χ0v) is 13.3. The number of hydrogen-bond acceptors (Lipinski definition) is 2. The van der Waals surface area contributed by atoms with Crippen molar-refractivity contribution in [2.45, 2.75) is 44.5 Å². The van der Waals surface area contributed by atoms with Crippen LogP contribution in [0.1, 0.15) is 11.1 Å². The van der Waals surface area contributed by atoms with Gasteiger partial charge in [0.1, 0.15) is 0 Å². The van der Waals surface area contributed by atoms with Gasteiger partial charge in [0, 0.05) is 0 Å². The third-order valence-electron chi connectivity index (χ3n) is 3.25. The SMILES string of the molecule is Cc1cc(C(O)(C(F)(F)F)C(F)(F)F)c([O-])c([Si](C)(C)C)c1. The van der Waals surface area contributed by atoms with Gasteiger partial charge in [-0.2, -0.15) is 26.3 Å². The van der Waals surface area contributed by atoms with Crippen molar-refractivity contribution < 1.29 is 36.6 Å². The molecule has 0 saturated heterocycles. The van der Waals surface area contributed by atoms with Crippen molar-refractivity contribution in [3.63, 3.8) is 0 Å². The van der Waals surface area contributed by atoms with Crippen molar-refractivity contribution in [2.75, 3.05) is 0 Å². The summed E-state index contributed by atoms with van der Waals surface area (Å²) in [5, 5.41) is 21.5. The first-order chi connectivity index (χ1) is 9.53. The molecule has 1 N–H and O–H groups in total. The highest BCUT2D eigenvalue weighted by molar-refractivity contribution is 6.89. The van der Waals surface area contributed by atoms with Gasteiger partial charge in [0.15, 0.2) is 0 Å². The third kappa shape index (κ3) is 2.96. The molecule has 0 saturated carbocycles. The van der Waals surface area contributed by atoms with Crippen LogP contribution in [0, 0.1) is 6.92 Å². The minimum absolute atomic E-state index is 0.0546. The van der Waals surface area contributed by atoms with E-state index in [4.69, 9.17) is 0 Å². The molecule has 0 aromatic heterocycles. The summed E-state index contributed by atoms with van der Waals surface area (Å²) in [5.74, 6) is -1.40. The number of hydrogen-bond donors (Lipinski definition) is 1. The molecule has 0 fully saturated rings. The van der Waals surface area contributed by atoms with Crippen LogP contribution in [0.15, 0.2) is 12.1 Å². The number of aryl methyl sites for hydroxylation is 1. The molecule has 0 heterocycles. The van der Waals surface area contributed by atoms with E-state index >= 15 is 0 Å². The molecule has 0 aliphatic carbocycles. The Morgan fingerprint density at radius 2 is 1.36 bits per heavy atom. The zero-order chi connectivity index (χ0) is 17.7. The van der Waals surface area contributed by atoms with Crippen molar-refractivity contribution in [3.05, 3.63) is 23.3 Å². The Morgan fingerprint density at radius 1 is 0.955 bits per heavy atom. The van der Waals surface area contributed by atoms with E-state index in [2.05, 4.69) is 0 Å². The summed E-state index contributed by atoms with van der Waals surface area (Å²) >= 11 is 0. The van der Waals surface area contributed by atoms with E-state index in [1.54, 1.807) is 19.6 Å². The van der Waals surface area contributed by atoms with Crippen LogP contribution < -0.4 is 10.3 Å². The first-order valence-electron chi connectivity index (χ1n) is 6.22. The zero-order valence-electron chi connectivity index (χ0n) is 12.3. The Hall–Kier alpha value is -1.22. The molecule has 22 heavy (non-hydrogen) atoms. The predicted molar refractivity (Wildman–Crippen MR) is 69.6 cm³/mol. The molecule has 9 heteroatoms. The Kier molecular flexibility index (Phi) is 4.41. The molecule has 0 radical (unpaired) electrons. The first kappa shape index (κ1) is 18.8. The third-order valence-corrected chi connectivity index (χ3v) is 5.24. The normalized spacial score (nSPS) is 14.3. The standard InChI is InChI=1S/C13H16F6O2Si/c1-7-5-8(10(20)9(6-7)22(2,3)4)11(21,12(14,15)16)13(17,18)19/h5-6,20-21H,1-4H3/p-1. The Balaban J connectivity index is 3.84. The maximum atomic E-state index is 12.9. The second-order valence-electron chi connectivity index (χ2n) is 6.15. The Labute approximate surface area is 124 Å². The topological polar surface area (TPSA) is 43.3 Å². The van der Waals surface area contributed by atoms with E-state index in [0.29, 0.717) is 6.07 Å². The molecular formula is C13H15F6O2Si-. The van der Waals surface area contributed by atoms with Crippen molar-refractivity contribution in [2.24, 2.45) is 0 Å². The molecule has 1 rings (SSSR count). The molecular weight excluding hydrogens is 330 g/mol. The summed E-state index contributed by atoms with van der Waals surface area (Å²) in [6.07, 6.45) is -12.1. The first-order valence-corrected chi connectivity index (χ1v) is 9.72. The van der Waals surface area contributed by atoms with E-state index < -0.39 is 37.3 Å². The molecule has 2 nitrogen and oxygen atoms in total. The van der Waals surface area contributed by atoms with Crippen molar-refractivity contribution in [1.29, 1.82) is 0 Å². The van der Waals surface area contributed by atoms with Crippen LogP contribution in [0.3, 0.4) is 0 Å². The van der Waals surface area contributed by atoms with Crippen LogP contribution in [-0.4, -0.2) is 25.5 Å². The molecule has 1 aromatic carbocycles. The van der Waals surface area contributed by atoms with Gasteiger partial charge in [0.25, 0.3) is 5.60 Å². The van der Waals surface area contributed by atoms with E-state index in [0.717, 1.165) is 0 Å². The fourth-order valence-electron chi connectivity index (χ4n) is 2.07. The van der Waals surface area contributed by atoms with Crippen LogP contribution in [0.5, 0.6) is 5.75 Å². The average molecular weight is 345 g/mol. The van der Waals surface area contributed by atoms with Gasteiger partial charge in [0.2, 0.25) is 0 Å². The highest BCUT2D eigenvalue weighted by Crippen LogP contribution is 2.51. The van der Waals surface area contributed by atoms with Gasteiger partial charge in [-0.25, -0.2) is 0 Å². The second kappa shape index (κ2) is 5.16. The van der Waals surface area contributed by atoms with Gasteiger partial charge in [0.05, 0.1) is 8.07 Å². The lowest BCUT2D eigenvalue weighted by Crippen LogP contribution is -2.55. The largest absolute Gasteiger partial charge is 0.872 e. The maximum absolute atomic E-state index is 12.9. The fourth-order valence-corrected chi connectivity index (χ4v) is 3.54. The predicted octanol–water partition coefficient (Wildman–Crippen LogP) is 2.93. The summed E-state index contributed by atoms with van der Waals surface area (Å²) in [6, 6.07) is 1.73. The van der Waals surface area contributed by atoms with E-state index in [9.17, 15) is 36.6 Å². The smallest absolute Gasteiger partial charge is 0.430 e. The van der Waals surface area contributed by atoms with Crippen LogP contribution in [0.25, 0.3) is 0 Å². The van der Waals surface area contributed by atoms with Gasteiger partial charge < -0.3 is 10.2 Å². The van der Waals surface area contributed by atoms with Gasteiger partial charge in [-0.3, -0.25) is 0 Å². The Bertz CT molecular complexity index is 558. The van der Waals surface area contributed by atoms with Crippen LogP contribution >= 0.6 is 0 Å². The minimum atomic E-state index is -6.06. The second-order valence-corrected chi connectivity index (χ2v) is 11.2. The van der Waals surface area contributed by atoms with Gasteiger partial charge in [-0.15, -0.1) is 5.75 Å². The van der Waals surface area contributed by atoms with Gasteiger partial charge in [-0.05, 0) is 12.5 Å². The van der Waals surface area contributed by atoms with Crippen LogP contribution in [-0.2, 0) is 5.60 Å². The summed E-state index contributed by atoms with van der Waals surface area (Å²) < 4.78 is 77.6. The number of halogens is 6. The molecule has 0 unspecified atom stereocenters. The Morgan fingerprint density at radius 3 is 1.68 bits per heavy atom. The van der Waals surface area contributed by atoms with Crippen molar-refractivity contribution >= 4 is 13.3 Å². The molecule has 0 amide bonds. The minimum Gasteiger partial charge on any atom is -0.872 e. The number of aliphatic hydroxyl groups is 1. The maximum Gasteiger partial charge on any atom is 0.430 e. The van der Waals surface area contributed by atoms with E-state index in [1.165, 1.54) is 13.0 Å². The molecule has 0 atom stereocenters. The summed E-state index contributed by atoms with van der Waals surface area (Å²) in [5.41, 5.74) is -6.82. The lowest BCUT2D eigenvalue weighted by atomic mass is 9.90. The monoisotopic (exact) mass is 345 g/mol. The van der Waals surface area contributed by atoms with E-state index in [1.807, 2.05) is 0 Å². The lowest BCUT2D eigenvalue weighted by Gasteiger charge is -2.38. The van der Waals surface area contributed by atoms with Crippen molar-refractivity contribution in [1.82, 2.24) is 0 Å². The van der Waals surface area contributed by atoms with Crippen LogP contribution in [0.2, 0.25) is 19.6 Å². The number of rotatable bonds is 2. The van der Waals surface area contributed by atoms with Gasteiger partial charge in [-0.1, -0.05) is 42.5 Å². The molecule has 126 valence electrons. The summed E-state index contributed by atoms with van der Waals surface area (Å²) in [4.78, 5) is 0. The molecule has 0 bridgehead atoms. The van der Waals surface area contributed by atoms with Crippen molar-refractivity contribution in [3.8, 4) is 5.75 Å². The molecule has 0 spiro atoms. The van der Waals surface area contributed by atoms with Gasteiger partial charge >= 0.3 is 12.4 Å². The number of benzene rings is 1.